The van der Waals surface area contributed by atoms with E-state index in [0.29, 0.717) is 29.1 Å². The van der Waals surface area contributed by atoms with Crippen LogP contribution in [0.1, 0.15) is 44.0 Å². The standard InChI is InChI=1S/C28H33ClN6O2/c1-4-37-27(36)22-15-23(29)26(30-17-22)33-13-14-34(20(3)18-33)25-16-24(21-10-6-5-7-11-21)31-28(32-25)35-12-8-9-19(35)2/h5-7,10-11,15-17,19-20H,4,8-9,12-14,18H2,1-3H3. The van der Waals surface area contributed by atoms with Crippen molar-refractivity contribution in [1.82, 2.24) is 15.0 Å². The lowest BCUT2D eigenvalue weighted by molar-refractivity contribution is 0.0526. The van der Waals surface area contributed by atoms with Gasteiger partial charge in [-0.2, -0.15) is 4.98 Å². The zero-order chi connectivity index (χ0) is 25.9. The van der Waals surface area contributed by atoms with Gasteiger partial charge in [-0.3, -0.25) is 0 Å². The zero-order valence-electron chi connectivity index (χ0n) is 21.6. The minimum atomic E-state index is -0.414. The molecule has 0 N–H and O–H groups in total. The number of esters is 1. The fourth-order valence-corrected chi connectivity index (χ4v) is 5.45. The van der Waals surface area contributed by atoms with Gasteiger partial charge in [0.2, 0.25) is 5.95 Å². The summed E-state index contributed by atoms with van der Waals surface area (Å²) in [6, 6.07) is 14.6. The second-order valence-corrected chi connectivity index (χ2v) is 10.1. The van der Waals surface area contributed by atoms with Gasteiger partial charge in [0.1, 0.15) is 11.6 Å². The number of piperazine rings is 1. The van der Waals surface area contributed by atoms with Crippen LogP contribution >= 0.6 is 11.6 Å². The fourth-order valence-electron chi connectivity index (χ4n) is 5.16. The molecule has 0 spiro atoms. The number of carbonyl (C=O) groups excluding carboxylic acids is 1. The first-order valence-electron chi connectivity index (χ1n) is 13.0. The molecule has 8 nitrogen and oxygen atoms in total. The van der Waals surface area contributed by atoms with Gasteiger partial charge in [0, 0.05) is 56.1 Å². The van der Waals surface area contributed by atoms with E-state index in [1.165, 1.54) is 6.20 Å². The minimum Gasteiger partial charge on any atom is -0.462 e. The van der Waals surface area contributed by atoms with Crippen molar-refractivity contribution in [3.05, 3.63) is 59.2 Å². The molecule has 194 valence electrons. The Bertz CT molecular complexity index is 1260. The van der Waals surface area contributed by atoms with E-state index in [1.807, 2.05) is 18.2 Å². The number of pyridine rings is 1. The van der Waals surface area contributed by atoms with E-state index in [0.717, 1.165) is 62.0 Å². The van der Waals surface area contributed by atoms with Crippen molar-refractivity contribution in [2.45, 2.75) is 45.7 Å². The van der Waals surface area contributed by atoms with Gasteiger partial charge in [-0.05, 0) is 39.7 Å². The van der Waals surface area contributed by atoms with Crippen molar-refractivity contribution in [3.8, 4) is 11.3 Å². The number of benzene rings is 1. The van der Waals surface area contributed by atoms with E-state index in [4.69, 9.17) is 26.3 Å². The molecule has 2 fully saturated rings. The highest BCUT2D eigenvalue weighted by molar-refractivity contribution is 6.33. The second kappa shape index (κ2) is 10.9. The number of ether oxygens (including phenoxy) is 1. The van der Waals surface area contributed by atoms with Gasteiger partial charge in [0.15, 0.2) is 0 Å². The first kappa shape index (κ1) is 25.3. The van der Waals surface area contributed by atoms with Gasteiger partial charge in [-0.1, -0.05) is 41.9 Å². The van der Waals surface area contributed by atoms with Gasteiger partial charge in [-0.25, -0.2) is 14.8 Å². The summed E-state index contributed by atoms with van der Waals surface area (Å²) in [7, 11) is 0. The first-order chi connectivity index (χ1) is 17.9. The van der Waals surface area contributed by atoms with Crippen LogP contribution < -0.4 is 14.7 Å². The van der Waals surface area contributed by atoms with Crippen LogP contribution in [-0.4, -0.2) is 65.8 Å². The maximum absolute atomic E-state index is 12.1. The Labute approximate surface area is 223 Å². The van der Waals surface area contributed by atoms with Crippen molar-refractivity contribution in [3.63, 3.8) is 0 Å². The van der Waals surface area contributed by atoms with E-state index in [-0.39, 0.29) is 6.04 Å². The van der Waals surface area contributed by atoms with Crippen LogP contribution in [0.25, 0.3) is 11.3 Å². The number of aromatic nitrogens is 3. The van der Waals surface area contributed by atoms with Crippen LogP contribution in [0, 0.1) is 0 Å². The summed E-state index contributed by atoms with van der Waals surface area (Å²) in [4.78, 5) is 33.4. The molecule has 0 amide bonds. The van der Waals surface area contributed by atoms with E-state index in [1.54, 1.807) is 13.0 Å². The Morgan fingerprint density at radius 1 is 1.05 bits per heavy atom. The summed E-state index contributed by atoms with van der Waals surface area (Å²) >= 11 is 6.55. The average Bonchev–Trinajstić information content (AvgIpc) is 3.34. The van der Waals surface area contributed by atoms with E-state index >= 15 is 0 Å². The molecule has 1 aromatic carbocycles. The number of hydrogen-bond donors (Lipinski definition) is 0. The molecule has 2 unspecified atom stereocenters. The van der Waals surface area contributed by atoms with Gasteiger partial charge >= 0.3 is 5.97 Å². The molecule has 3 aromatic rings. The second-order valence-electron chi connectivity index (χ2n) is 9.70. The van der Waals surface area contributed by atoms with Crippen LogP contribution in [0.2, 0.25) is 5.02 Å². The summed E-state index contributed by atoms with van der Waals surface area (Å²) in [6.07, 6.45) is 3.86. The van der Waals surface area contributed by atoms with Crippen molar-refractivity contribution < 1.29 is 9.53 Å². The SMILES string of the molecule is CCOC(=O)c1cnc(N2CCN(c3cc(-c4ccccc4)nc(N4CCCC4C)n3)C(C)C2)c(Cl)c1. The van der Waals surface area contributed by atoms with Crippen LogP contribution in [0.15, 0.2) is 48.7 Å². The van der Waals surface area contributed by atoms with Gasteiger partial charge in [0.05, 0.1) is 22.9 Å². The molecule has 4 heterocycles. The van der Waals surface area contributed by atoms with Crippen LogP contribution in [-0.2, 0) is 4.74 Å². The third-order valence-electron chi connectivity index (χ3n) is 7.13. The highest BCUT2D eigenvalue weighted by Crippen LogP contribution is 2.32. The zero-order valence-corrected chi connectivity index (χ0v) is 22.4. The minimum absolute atomic E-state index is 0.165. The molecule has 2 aromatic heterocycles. The molecular weight excluding hydrogens is 488 g/mol. The predicted octanol–water partition coefficient (Wildman–Crippen LogP) is 5.07. The number of halogens is 1. The molecule has 0 bridgehead atoms. The number of rotatable bonds is 6. The number of hydrogen-bond acceptors (Lipinski definition) is 8. The van der Waals surface area contributed by atoms with Crippen molar-refractivity contribution in [2.24, 2.45) is 0 Å². The lowest BCUT2D eigenvalue weighted by atomic mass is 10.1. The Hall–Kier alpha value is -3.39. The maximum atomic E-state index is 12.1. The average molecular weight is 521 g/mol. The third kappa shape index (κ3) is 5.34. The van der Waals surface area contributed by atoms with Crippen molar-refractivity contribution >= 4 is 35.2 Å². The quantitative estimate of drug-likeness (QED) is 0.417. The Morgan fingerprint density at radius 3 is 2.54 bits per heavy atom. The molecule has 2 saturated heterocycles. The first-order valence-corrected chi connectivity index (χ1v) is 13.4. The summed E-state index contributed by atoms with van der Waals surface area (Å²) < 4.78 is 5.07. The van der Waals surface area contributed by atoms with E-state index < -0.39 is 5.97 Å². The fraction of sp³-hybridized carbons (Fsp3) is 0.429. The normalized spacial score (nSPS) is 19.8. The predicted molar refractivity (Wildman–Crippen MR) is 148 cm³/mol. The molecule has 9 heteroatoms. The topological polar surface area (TPSA) is 74.7 Å². The lowest BCUT2D eigenvalue weighted by Gasteiger charge is -2.41. The van der Waals surface area contributed by atoms with Crippen molar-refractivity contribution in [1.29, 1.82) is 0 Å². The largest absolute Gasteiger partial charge is 0.462 e. The number of carbonyl (C=O) groups is 1. The molecule has 2 aliphatic heterocycles. The van der Waals surface area contributed by atoms with Crippen LogP contribution in [0.5, 0.6) is 0 Å². The summed E-state index contributed by atoms with van der Waals surface area (Å²) in [5.74, 6) is 2.00. The molecule has 0 aliphatic carbocycles. The molecule has 0 saturated carbocycles. The van der Waals surface area contributed by atoms with Crippen molar-refractivity contribution in [2.75, 3.05) is 47.5 Å². The molecule has 0 radical (unpaired) electrons. The van der Waals surface area contributed by atoms with Gasteiger partial charge in [-0.15, -0.1) is 0 Å². The van der Waals surface area contributed by atoms with E-state index in [2.05, 4.69) is 51.7 Å². The molecule has 2 aliphatic rings. The van der Waals surface area contributed by atoms with E-state index in [9.17, 15) is 4.79 Å². The van der Waals surface area contributed by atoms with Crippen LogP contribution in [0.3, 0.4) is 0 Å². The highest BCUT2D eigenvalue weighted by Gasteiger charge is 2.30. The van der Waals surface area contributed by atoms with Gasteiger partial charge in [0.25, 0.3) is 0 Å². The summed E-state index contributed by atoms with van der Waals surface area (Å²) in [6.45, 7) is 9.73. The smallest absolute Gasteiger partial charge is 0.339 e. The lowest BCUT2D eigenvalue weighted by Crippen LogP contribution is -2.52. The summed E-state index contributed by atoms with van der Waals surface area (Å²) in [5.41, 5.74) is 2.39. The third-order valence-corrected chi connectivity index (χ3v) is 7.41. The summed E-state index contributed by atoms with van der Waals surface area (Å²) in [5, 5.41) is 0.449. The van der Waals surface area contributed by atoms with Crippen LogP contribution in [0.4, 0.5) is 17.6 Å². The Morgan fingerprint density at radius 2 is 1.86 bits per heavy atom. The molecule has 5 rings (SSSR count). The monoisotopic (exact) mass is 520 g/mol. The highest BCUT2D eigenvalue weighted by atomic mass is 35.5. The molecular formula is C28H33ClN6O2. The number of anilines is 3. The molecule has 2 atom stereocenters. The Kier molecular flexibility index (Phi) is 7.46. The molecule has 37 heavy (non-hydrogen) atoms. The Balaban J connectivity index is 1.40. The van der Waals surface area contributed by atoms with Gasteiger partial charge < -0.3 is 19.4 Å². The number of nitrogens with zero attached hydrogens (tertiary/aromatic N) is 6. The maximum Gasteiger partial charge on any atom is 0.339 e.